The Morgan fingerprint density at radius 2 is 1.88 bits per heavy atom. The molecule has 0 radical (unpaired) electrons. The molecule has 1 fully saturated rings. The number of rotatable bonds is 8. The van der Waals surface area contributed by atoms with Crippen LogP contribution in [0, 0.1) is 17.8 Å². The molecule has 0 saturated heterocycles. The third-order valence-electron chi connectivity index (χ3n) is 4.21. The smallest absolute Gasteiger partial charge is 0.00179 e. The standard InChI is InChI=1S/C15H31N/c1-4-8-13(3)11-15(12-16-5-2)14-9-6-7-10-14/h13-16H,4-12H2,1-3H3. The first-order chi connectivity index (χ1) is 7.77. The topological polar surface area (TPSA) is 12.0 Å². The lowest BCUT2D eigenvalue weighted by molar-refractivity contribution is 0.262. The van der Waals surface area contributed by atoms with E-state index in [-0.39, 0.29) is 0 Å². The van der Waals surface area contributed by atoms with E-state index in [1.165, 1.54) is 51.5 Å². The van der Waals surface area contributed by atoms with E-state index in [1.807, 2.05) is 0 Å². The summed E-state index contributed by atoms with van der Waals surface area (Å²) >= 11 is 0. The molecule has 0 aromatic heterocycles. The minimum atomic E-state index is 0.925. The summed E-state index contributed by atoms with van der Waals surface area (Å²) in [4.78, 5) is 0. The molecule has 1 N–H and O–H groups in total. The van der Waals surface area contributed by atoms with Gasteiger partial charge in [0.1, 0.15) is 0 Å². The Labute approximate surface area is 102 Å². The number of hydrogen-bond acceptors (Lipinski definition) is 1. The molecule has 0 heterocycles. The van der Waals surface area contributed by atoms with Gasteiger partial charge in [-0.1, -0.05) is 59.3 Å². The van der Waals surface area contributed by atoms with Crippen LogP contribution >= 0.6 is 0 Å². The average Bonchev–Trinajstić information content (AvgIpc) is 2.77. The van der Waals surface area contributed by atoms with E-state index < -0.39 is 0 Å². The molecule has 1 aliphatic carbocycles. The maximum Gasteiger partial charge on any atom is -0.00179 e. The first-order valence-electron chi connectivity index (χ1n) is 7.48. The van der Waals surface area contributed by atoms with Crippen molar-refractivity contribution in [3.8, 4) is 0 Å². The van der Waals surface area contributed by atoms with Gasteiger partial charge in [0.15, 0.2) is 0 Å². The van der Waals surface area contributed by atoms with Gasteiger partial charge in [-0.25, -0.2) is 0 Å². The summed E-state index contributed by atoms with van der Waals surface area (Å²) in [5.74, 6) is 2.90. The van der Waals surface area contributed by atoms with Gasteiger partial charge in [0.2, 0.25) is 0 Å². The Balaban J connectivity index is 2.35. The van der Waals surface area contributed by atoms with Gasteiger partial charge < -0.3 is 5.32 Å². The molecule has 0 amide bonds. The molecular weight excluding hydrogens is 194 g/mol. The Kier molecular flexibility index (Phi) is 7.11. The van der Waals surface area contributed by atoms with Crippen molar-refractivity contribution >= 4 is 0 Å². The fourth-order valence-electron chi connectivity index (χ4n) is 3.33. The Bertz CT molecular complexity index is 161. The number of hydrogen-bond donors (Lipinski definition) is 1. The summed E-state index contributed by atoms with van der Waals surface area (Å²) in [7, 11) is 0. The largest absolute Gasteiger partial charge is 0.317 e. The zero-order valence-corrected chi connectivity index (χ0v) is 11.6. The van der Waals surface area contributed by atoms with Crippen LogP contribution in [-0.2, 0) is 0 Å². The highest BCUT2D eigenvalue weighted by Crippen LogP contribution is 2.35. The highest BCUT2D eigenvalue weighted by molar-refractivity contribution is 4.78. The molecule has 96 valence electrons. The molecule has 1 heteroatoms. The normalized spacial score (nSPS) is 21.2. The van der Waals surface area contributed by atoms with Crippen molar-refractivity contribution in [1.82, 2.24) is 5.32 Å². The van der Waals surface area contributed by atoms with Crippen LogP contribution in [0.1, 0.15) is 65.7 Å². The van der Waals surface area contributed by atoms with Gasteiger partial charge in [-0.15, -0.1) is 0 Å². The van der Waals surface area contributed by atoms with E-state index in [0.717, 1.165) is 24.3 Å². The molecule has 0 aromatic carbocycles. The first-order valence-corrected chi connectivity index (χ1v) is 7.48. The van der Waals surface area contributed by atoms with E-state index in [2.05, 4.69) is 26.1 Å². The summed E-state index contributed by atoms with van der Waals surface area (Å²) in [5.41, 5.74) is 0. The van der Waals surface area contributed by atoms with E-state index in [0.29, 0.717) is 0 Å². The van der Waals surface area contributed by atoms with E-state index in [1.54, 1.807) is 0 Å². The summed E-state index contributed by atoms with van der Waals surface area (Å²) in [6.45, 7) is 9.37. The van der Waals surface area contributed by atoms with Gasteiger partial charge in [0.25, 0.3) is 0 Å². The molecule has 0 bridgehead atoms. The van der Waals surface area contributed by atoms with E-state index in [9.17, 15) is 0 Å². The van der Waals surface area contributed by atoms with Crippen LogP contribution in [0.25, 0.3) is 0 Å². The van der Waals surface area contributed by atoms with Crippen molar-refractivity contribution in [1.29, 1.82) is 0 Å². The maximum atomic E-state index is 3.57. The summed E-state index contributed by atoms with van der Waals surface area (Å²) in [6, 6.07) is 0. The number of nitrogens with one attached hydrogen (secondary N) is 1. The summed E-state index contributed by atoms with van der Waals surface area (Å²) < 4.78 is 0. The fourth-order valence-corrected chi connectivity index (χ4v) is 3.33. The predicted octanol–water partition coefficient (Wildman–Crippen LogP) is 4.23. The molecule has 0 spiro atoms. The van der Waals surface area contributed by atoms with Gasteiger partial charge in [-0.3, -0.25) is 0 Å². The third-order valence-corrected chi connectivity index (χ3v) is 4.21. The molecule has 1 aliphatic rings. The Morgan fingerprint density at radius 3 is 2.44 bits per heavy atom. The van der Waals surface area contributed by atoms with E-state index >= 15 is 0 Å². The van der Waals surface area contributed by atoms with Crippen molar-refractivity contribution in [2.24, 2.45) is 17.8 Å². The lowest BCUT2D eigenvalue weighted by Crippen LogP contribution is -2.28. The van der Waals surface area contributed by atoms with Gasteiger partial charge in [-0.05, 0) is 37.3 Å². The van der Waals surface area contributed by atoms with Crippen LogP contribution in [0.5, 0.6) is 0 Å². The quantitative estimate of drug-likeness (QED) is 0.652. The third kappa shape index (κ3) is 4.86. The van der Waals surface area contributed by atoms with Gasteiger partial charge in [-0.2, -0.15) is 0 Å². The molecule has 2 unspecified atom stereocenters. The minimum absolute atomic E-state index is 0.925. The second kappa shape index (κ2) is 8.11. The first kappa shape index (κ1) is 14.0. The van der Waals surface area contributed by atoms with Gasteiger partial charge in [0, 0.05) is 0 Å². The van der Waals surface area contributed by atoms with Crippen LogP contribution in [0.15, 0.2) is 0 Å². The molecule has 1 saturated carbocycles. The van der Waals surface area contributed by atoms with Crippen LogP contribution in [0.3, 0.4) is 0 Å². The molecule has 1 nitrogen and oxygen atoms in total. The van der Waals surface area contributed by atoms with Crippen LogP contribution in [0.4, 0.5) is 0 Å². The highest BCUT2D eigenvalue weighted by Gasteiger charge is 2.25. The lowest BCUT2D eigenvalue weighted by atomic mass is 9.82. The molecular formula is C15H31N. The molecule has 2 atom stereocenters. The van der Waals surface area contributed by atoms with Crippen molar-refractivity contribution in [2.45, 2.75) is 65.7 Å². The average molecular weight is 225 g/mol. The molecule has 0 aliphatic heterocycles. The minimum Gasteiger partial charge on any atom is -0.317 e. The van der Waals surface area contributed by atoms with E-state index in [4.69, 9.17) is 0 Å². The SMILES string of the molecule is CCCC(C)CC(CNCC)C1CCCC1. The predicted molar refractivity (Wildman–Crippen MR) is 72.7 cm³/mol. The Morgan fingerprint density at radius 1 is 1.19 bits per heavy atom. The highest BCUT2D eigenvalue weighted by atomic mass is 14.8. The molecule has 1 rings (SSSR count). The van der Waals surface area contributed by atoms with Crippen molar-refractivity contribution < 1.29 is 0 Å². The molecule has 16 heavy (non-hydrogen) atoms. The molecule has 0 aromatic rings. The van der Waals surface area contributed by atoms with Gasteiger partial charge in [0.05, 0.1) is 0 Å². The van der Waals surface area contributed by atoms with Crippen molar-refractivity contribution in [3.05, 3.63) is 0 Å². The monoisotopic (exact) mass is 225 g/mol. The lowest BCUT2D eigenvalue weighted by Gasteiger charge is -2.26. The second-order valence-corrected chi connectivity index (χ2v) is 5.74. The zero-order valence-electron chi connectivity index (χ0n) is 11.6. The summed E-state index contributed by atoms with van der Waals surface area (Å²) in [6.07, 6.45) is 10.2. The Hall–Kier alpha value is -0.0400. The van der Waals surface area contributed by atoms with Gasteiger partial charge >= 0.3 is 0 Å². The summed E-state index contributed by atoms with van der Waals surface area (Å²) in [5, 5.41) is 3.57. The van der Waals surface area contributed by atoms with Crippen molar-refractivity contribution in [2.75, 3.05) is 13.1 Å². The van der Waals surface area contributed by atoms with Crippen LogP contribution < -0.4 is 5.32 Å². The van der Waals surface area contributed by atoms with Crippen LogP contribution in [0.2, 0.25) is 0 Å². The fraction of sp³-hybridized carbons (Fsp3) is 1.00. The van der Waals surface area contributed by atoms with Crippen LogP contribution in [-0.4, -0.2) is 13.1 Å². The second-order valence-electron chi connectivity index (χ2n) is 5.74. The zero-order chi connectivity index (χ0) is 11.8. The van der Waals surface area contributed by atoms with Crippen molar-refractivity contribution in [3.63, 3.8) is 0 Å². The maximum absolute atomic E-state index is 3.57.